The van der Waals surface area contributed by atoms with Gasteiger partial charge >= 0.3 is 0 Å². The van der Waals surface area contributed by atoms with Gasteiger partial charge in [-0.05, 0) is 18.2 Å². The molecule has 0 amide bonds. The van der Waals surface area contributed by atoms with Gasteiger partial charge in [0.2, 0.25) is 0 Å². The first-order valence-corrected chi connectivity index (χ1v) is 7.47. The molecule has 0 saturated carbocycles. The average molecular weight is 332 g/mol. The van der Waals surface area contributed by atoms with Gasteiger partial charge in [0.25, 0.3) is 10.0 Å². The molecule has 0 radical (unpaired) electrons. The number of benzene rings is 1. The lowest BCUT2D eigenvalue weighted by Crippen LogP contribution is -2.14. The van der Waals surface area contributed by atoms with Gasteiger partial charge in [0.15, 0.2) is 11.6 Å². The quantitative estimate of drug-likeness (QED) is 0.838. The molecule has 1 aromatic heterocycles. The normalized spacial score (nSPS) is 11.2. The molecule has 112 valence electrons. The van der Waals surface area contributed by atoms with Crippen molar-refractivity contribution in [1.82, 2.24) is 4.98 Å². The Morgan fingerprint density at radius 3 is 2.67 bits per heavy atom. The summed E-state index contributed by atoms with van der Waals surface area (Å²) in [5.41, 5.74) is 5.43. The number of hydrogen-bond acceptors (Lipinski definition) is 5. The van der Waals surface area contributed by atoms with Crippen molar-refractivity contribution >= 4 is 33.1 Å². The van der Waals surface area contributed by atoms with Crippen molar-refractivity contribution in [3.05, 3.63) is 41.3 Å². The molecule has 0 spiro atoms. The molecular formula is C12H11ClFN3O3S. The Bertz CT molecular complexity index is 760. The van der Waals surface area contributed by atoms with Crippen molar-refractivity contribution in [1.29, 1.82) is 0 Å². The predicted octanol–water partition coefficient (Wildman–Crippen LogP) is 2.27. The van der Waals surface area contributed by atoms with E-state index in [1.165, 1.54) is 25.4 Å². The highest BCUT2D eigenvalue weighted by molar-refractivity contribution is 7.92. The zero-order valence-corrected chi connectivity index (χ0v) is 12.4. The fourth-order valence-corrected chi connectivity index (χ4v) is 2.82. The Balaban J connectivity index is 2.40. The molecule has 0 aliphatic carbocycles. The number of nitrogens with two attached hydrogens (primary N) is 1. The van der Waals surface area contributed by atoms with E-state index in [1.807, 2.05) is 0 Å². The van der Waals surface area contributed by atoms with E-state index in [0.29, 0.717) is 5.02 Å². The molecule has 1 heterocycles. The molecule has 0 bridgehead atoms. The Morgan fingerprint density at radius 1 is 1.38 bits per heavy atom. The molecule has 0 atom stereocenters. The number of halogens is 2. The molecule has 0 aliphatic heterocycles. The lowest BCUT2D eigenvalue weighted by Gasteiger charge is -2.11. The summed E-state index contributed by atoms with van der Waals surface area (Å²) >= 11 is 5.74. The number of aromatic nitrogens is 1. The van der Waals surface area contributed by atoms with Gasteiger partial charge < -0.3 is 10.5 Å². The minimum absolute atomic E-state index is 0.0114. The number of nitrogens with zero attached hydrogens (tertiary/aromatic N) is 1. The summed E-state index contributed by atoms with van der Waals surface area (Å²) in [6.07, 6.45) is 1.34. The zero-order valence-electron chi connectivity index (χ0n) is 10.8. The second-order valence-corrected chi connectivity index (χ2v) is 6.11. The van der Waals surface area contributed by atoms with E-state index in [4.69, 9.17) is 22.1 Å². The number of methoxy groups -OCH3 is 1. The van der Waals surface area contributed by atoms with E-state index in [0.717, 1.165) is 12.1 Å². The van der Waals surface area contributed by atoms with E-state index in [9.17, 15) is 12.8 Å². The third kappa shape index (κ3) is 3.34. The van der Waals surface area contributed by atoms with Crippen LogP contribution in [0.4, 0.5) is 15.9 Å². The Hall–Kier alpha value is -2.06. The van der Waals surface area contributed by atoms with Gasteiger partial charge in [-0.15, -0.1) is 0 Å². The molecule has 21 heavy (non-hydrogen) atoms. The largest absolute Gasteiger partial charge is 0.492 e. The van der Waals surface area contributed by atoms with Gasteiger partial charge in [0, 0.05) is 17.3 Å². The minimum atomic E-state index is -4.05. The number of nitrogen functional groups attached to an aromatic ring is 1. The summed E-state index contributed by atoms with van der Waals surface area (Å²) in [7, 11) is -2.81. The second-order valence-electron chi connectivity index (χ2n) is 3.99. The van der Waals surface area contributed by atoms with Gasteiger partial charge in [-0.25, -0.2) is 17.8 Å². The number of nitrogens with one attached hydrogen (secondary N) is 1. The molecule has 1 aromatic carbocycles. The van der Waals surface area contributed by atoms with Crippen molar-refractivity contribution in [2.24, 2.45) is 0 Å². The first-order chi connectivity index (χ1) is 9.83. The Labute approximate surface area is 125 Å². The van der Waals surface area contributed by atoms with Gasteiger partial charge in [-0.2, -0.15) is 0 Å². The molecule has 9 heteroatoms. The van der Waals surface area contributed by atoms with Crippen LogP contribution in [0.25, 0.3) is 0 Å². The number of rotatable bonds is 4. The van der Waals surface area contributed by atoms with Crippen LogP contribution in [0.1, 0.15) is 0 Å². The third-order valence-corrected chi connectivity index (χ3v) is 4.09. The standard InChI is InChI=1S/C12H11ClFN3O3S/c1-20-12-9(14)5-8(6-10(12)15)21(18,19)17-11-4-7(13)2-3-16-11/h2-6H,15H2,1H3,(H,16,17). The topological polar surface area (TPSA) is 94.3 Å². The molecular weight excluding hydrogens is 321 g/mol. The number of anilines is 2. The smallest absolute Gasteiger partial charge is 0.263 e. The summed E-state index contributed by atoms with van der Waals surface area (Å²) in [6.45, 7) is 0. The summed E-state index contributed by atoms with van der Waals surface area (Å²) in [6, 6.07) is 4.71. The fraction of sp³-hybridized carbons (Fsp3) is 0.0833. The van der Waals surface area contributed by atoms with E-state index < -0.39 is 15.8 Å². The van der Waals surface area contributed by atoms with Crippen LogP contribution in [-0.4, -0.2) is 20.5 Å². The highest BCUT2D eigenvalue weighted by atomic mass is 35.5. The van der Waals surface area contributed by atoms with E-state index in [-0.39, 0.29) is 22.2 Å². The maximum absolute atomic E-state index is 13.7. The van der Waals surface area contributed by atoms with Crippen LogP contribution in [0.5, 0.6) is 5.75 Å². The number of pyridine rings is 1. The Kier molecular flexibility index (Phi) is 4.19. The van der Waals surface area contributed by atoms with Crippen LogP contribution in [-0.2, 0) is 10.0 Å². The fourth-order valence-electron chi connectivity index (χ4n) is 1.62. The molecule has 3 N–H and O–H groups in total. The number of sulfonamides is 1. The first-order valence-electron chi connectivity index (χ1n) is 5.61. The third-order valence-electron chi connectivity index (χ3n) is 2.52. The van der Waals surface area contributed by atoms with E-state index in [2.05, 4.69) is 9.71 Å². The minimum Gasteiger partial charge on any atom is -0.492 e. The average Bonchev–Trinajstić information content (AvgIpc) is 2.37. The highest BCUT2D eigenvalue weighted by Gasteiger charge is 2.20. The maximum atomic E-state index is 13.7. The van der Waals surface area contributed by atoms with Crippen LogP contribution >= 0.6 is 11.6 Å². The zero-order chi connectivity index (χ0) is 15.6. The monoisotopic (exact) mass is 331 g/mol. The van der Waals surface area contributed by atoms with Crippen LogP contribution in [0, 0.1) is 5.82 Å². The summed E-state index contributed by atoms with van der Waals surface area (Å²) in [5, 5.41) is 0.308. The summed E-state index contributed by atoms with van der Waals surface area (Å²) in [4.78, 5) is 3.46. The molecule has 2 rings (SSSR count). The molecule has 0 unspecified atom stereocenters. The van der Waals surface area contributed by atoms with Crippen LogP contribution < -0.4 is 15.2 Å². The molecule has 2 aromatic rings. The Morgan fingerprint density at radius 2 is 2.10 bits per heavy atom. The van der Waals surface area contributed by atoms with Gasteiger partial charge in [0.1, 0.15) is 5.82 Å². The number of hydrogen-bond donors (Lipinski definition) is 2. The van der Waals surface area contributed by atoms with Crippen LogP contribution in [0.3, 0.4) is 0 Å². The lowest BCUT2D eigenvalue weighted by atomic mass is 10.3. The van der Waals surface area contributed by atoms with Crippen molar-refractivity contribution in [2.45, 2.75) is 4.90 Å². The SMILES string of the molecule is COc1c(N)cc(S(=O)(=O)Nc2cc(Cl)ccn2)cc1F. The summed E-state index contributed by atoms with van der Waals surface area (Å²) < 4.78 is 44.9. The van der Waals surface area contributed by atoms with Gasteiger partial charge in [0.05, 0.1) is 17.7 Å². The number of ether oxygens (including phenoxy) is 1. The maximum Gasteiger partial charge on any atom is 0.263 e. The van der Waals surface area contributed by atoms with Crippen molar-refractivity contribution in [3.8, 4) is 5.75 Å². The first kappa shape index (κ1) is 15.3. The van der Waals surface area contributed by atoms with E-state index in [1.54, 1.807) is 0 Å². The molecule has 0 fully saturated rings. The van der Waals surface area contributed by atoms with Gasteiger partial charge in [-0.1, -0.05) is 11.6 Å². The predicted molar refractivity (Wildman–Crippen MR) is 77.4 cm³/mol. The van der Waals surface area contributed by atoms with Crippen LogP contribution in [0.2, 0.25) is 5.02 Å². The lowest BCUT2D eigenvalue weighted by molar-refractivity contribution is 0.388. The molecule has 0 saturated heterocycles. The molecule has 6 nitrogen and oxygen atoms in total. The van der Waals surface area contributed by atoms with Crippen molar-refractivity contribution < 1.29 is 17.5 Å². The highest BCUT2D eigenvalue weighted by Crippen LogP contribution is 2.29. The van der Waals surface area contributed by atoms with Crippen molar-refractivity contribution in [2.75, 3.05) is 17.6 Å². The second kappa shape index (κ2) is 5.74. The van der Waals surface area contributed by atoms with E-state index >= 15 is 0 Å². The summed E-state index contributed by atoms with van der Waals surface area (Å²) in [5.74, 6) is -1.08. The molecule has 0 aliphatic rings. The van der Waals surface area contributed by atoms with Crippen molar-refractivity contribution in [3.63, 3.8) is 0 Å². The van der Waals surface area contributed by atoms with Crippen LogP contribution in [0.15, 0.2) is 35.4 Å². The van der Waals surface area contributed by atoms with Gasteiger partial charge in [-0.3, -0.25) is 4.72 Å².